The molecule has 0 aliphatic heterocycles. The summed E-state index contributed by atoms with van der Waals surface area (Å²) < 4.78 is 4.85. The molecule has 1 aromatic carbocycles. The molecule has 0 aliphatic carbocycles. The van der Waals surface area contributed by atoms with E-state index in [1.54, 1.807) is 6.92 Å². The van der Waals surface area contributed by atoms with Crippen molar-refractivity contribution in [1.82, 2.24) is 4.98 Å². The van der Waals surface area contributed by atoms with Crippen molar-refractivity contribution in [2.24, 2.45) is 0 Å². The van der Waals surface area contributed by atoms with E-state index >= 15 is 0 Å². The summed E-state index contributed by atoms with van der Waals surface area (Å²) in [5.41, 5.74) is 1.12. The zero-order valence-corrected chi connectivity index (χ0v) is 8.82. The summed E-state index contributed by atoms with van der Waals surface area (Å²) >= 11 is 0. The van der Waals surface area contributed by atoms with Crippen molar-refractivity contribution < 1.29 is 4.42 Å². The topological polar surface area (TPSA) is 63.1 Å². The molecule has 4 nitrogen and oxygen atoms in total. The third kappa shape index (κ3) is 2.11. The number of aryl methyl sites for hydroxylation is 1. The minimum atomic E-state index is -0.709. The molecule has 16 heavy (non-hydrogen) atoms. The van der Waals surface area contributed by atoms with E-state index in [0.29, 0.717) is 17.7 Å². The first-order chi connectivity index (χ1) is 7.66. The summed E-state index contributed by atoms with van der Waals surface area (Å²) in [7, 11) is 0. The van der Waals surface area contributed by atoms with Crippen molar-refractivity contribution in [2.75, 3.05) is 0 Å². The molecule has 1 N–H and O–H groups in total. The molecule has 1 aromatic heterocycles. The van der Waals surface area contributed by atoms with Crippen LogP contribution in [0, 0.1) is 6.92 Å². The van der Waals surface area contributed by atoms with Crippen molar-refractivity contribution in [2.45, 2.75) is 13.3 Å². The number of hydrogen-bond donors (Lipinski definition) is 1. The fourth-order valence-electron chi connectivity index (χ4n) is 1.56. The highest BCUT2D eigenvalue weighted by molar-refractivity contribution is 5.24. The first kappa shape index (κ1) is 10.4. The fourth-order valence-corrected chi connectivity index (χ4v) is 1.56. The van der Waals surface area contributed by atoms with Crippen LogP contribution in [-0.4, -0.2) is 4.98 Å². The number of hydrogen-bond acceptors (Lipinski definition) is 3. The highest BCUT2D eigenvalue weighted by atomic mass is 16.4. The summed E-state index contributed by atoms with van der Waals surface area (Å²) in [6.07, 6.45) is 0.464. The maximum Gasteiger partial charge on any atom is 0.419 e. The lowest BCUT2D eigenvalue weighted by atomic mass is 10.1. The van der Waals surface area contributed by atoms with Gasteiger partial charge >= 0.3 is 5.76 Å². The SMILES string of the molecule is Cc1oc(=O)[nH]c(=O)c1Cc1ccccc1. The largest absolute Gasteiger partial charge is 0.419 e. The van der Waals surface area contributed by atoms with Gasteiger partial charge in [0.05, 0.1) is 5.56 Å². The van der Waals surface area contributed by atoms with Crippen LogP contribution in [0.3, 0.4) is 0 Å². The van der Waals surface area contributed by atoms with E-state index < -0.39 is 5.76 Å². The monoisotopic (exact) mass is 217 g/mol. The molecule has 0 unspecified atom stereocenters. The lowest BCUT2D eigenvalue weighted by molar-refractivity contribution is 0.444. The first-order valence-electron chi connectivity index (χ1n) is 4.93. The van der Waals surface area contributed by atoms with Crippen molar-refractivity contribution in [1.29, 1.82) is 0 Å². The normalized spacial score (nSPS) is 10.3. The van der Waals surface area contributed by atoms with E-state index in [-0.39, 0.29) is 5.56 Å². The van der Waals surface area contributed by atoms with E-state index in [2.05, 4.69) is 4.98 Å². The summed E-state index contributed by atoms with van der Waals surface area (Å²) in [5.74, 6) is -0.336. The summed E-state index contributed by atoms with van der Waals surface area (Å²) in [6.45, 7) is 1.62. The highest BCUT2D eigenvalue weighted by Crippen LogP contribution is 2.07. The fraction of sp³-hybridized carbons (Fsp3) is 0.167. The van der Waals surface area contributed by atoms with Crippen LogP contribution in [-0.2, 0) is 6.42 Å². The van der Waals surface area contributed by atoms with Gasteiger partial charge in [-0.3, -0.25) is 9.78 Å². The molecule has 0 saturated heterocycles. The van der Waals surface area contributed by atoms with Gasteiger partial charge in [-0.2, -0.15) is 0 Å². The predicted molar refractivity (Wildman–Crippen MR) is 59.6 cm³/mol. The van der Waals surface area contributed by atoms with Gasteiger partial charge in [-0.25, -0.2) is 4.79 Å². The molecule has 0 radical (unpaired) electrons. The zero-order chi connectivity index (χ0) is 11.5. The Bertz CT molecular complexity index is 596. The lowest BCUT2D eigenvalue weighted by Crippen LogP contribution is -2.23. The van der Waals surface area contributed by atoms with E-state index in [0.717, 1.165) is 5.56 Å². The number of aromatic nitrogens is 1. The molecule has 0 fully saturated rings. The van der Waals surface area contributed by atoms with Crippen LogP contribution >= 0.6 is 0 Å². The maximum atomic E-state index is 11.5. The smallest absolute Gasteiger partial charge is 0.414 e. The number of benzene rings is 1. The molecule has 0 atom stereocenters. The van der Waals surface area contributed by atoms with Gasteiger partial charge in [0, 0.05) is 6.42 Å². The van der Waals surface area contributed by atoms with Crippen molar-refractivity contribution in [3.63, 3.8) is 0 Å². The van der Waals surface area contributed by atoms with Crippen molar-refractivity contribution >= 4 is 0 Å². The Morgan fingerprint density at radius 3 is 2.50 bits per heavy atom. The van der Waals surface area contributed by atoms with Gasteiger partial charge in [0.1, 0.15) is 5.76 Å². The van der Waals surface area contributed by atoms with Crippen molar-refractivity contribution in [3.8, 4) is 0 Å². The minimum Gasteiger partial charge on any atom is -0.414 e. The highest BCUT2D eigenvalue weighted by Gasteiger charge is 2.08. The number of H-pyrrole nitrogens is 1. The number of nitrogens with one attached hydrogen (secondary N) is 1. The molecule has 82 valence electrons. The van der Waals surface area contributed by atoms with Crippen LogP contribution in [0.1, 0.15) is 16.9 Å². The first-order valence-corrected chi connectivity index (χ1v) is 4.93. The molecule has 2 aromatic rings. The Hall–Kier alpha value is -2.10. The Kier molecular flexibility index (Phi) is 2.72. The van der Waals surface area contributed by atoms with Crippen LogP contribution in [0.5, 0.6) is 0 Å². The third-order valence-electron chi connectivity index (χ3n) is 2.38. The zero-order valence-electron chi connectivity index (χ0n) is 8.82. The molecule has 0 spiro atoms. The van der Waals surface area contributed by atoms with Crippen LogP contribution in [0.2, 0.25) is 0 Å². The van der Waals surface area contributed by atoms with Crippen LogP contribution in [0.25, 0.3) is 0 Å². The Morgan fingerprint density at radius 2 is 1.88 bits per heavy atom. The Morgan fingerprint density at radius 1 is 1.19 bits per heavy atom. The van der Waals surface area contributed by atoms with Crippen LogP contribution < -0.4 is 11.3 Å². The molecule has 1 heterocycles. The molecule has 0 saturated carbocycles. The van der Waals surface area contributed by atoms with E-state index in [4.69, 9.17) is 4.42 Å². The Labute approximate surface area is 91.6 Å². The molecule has 0 aliphatic rings. The van der Waals surface area contributed by atoms with Gasteiger partial charge in [0.15, 0.2) is 0 Å². The van der Waals surface area contributed by atoms with Crippen LogP contribution in [0.4, 0.5) is 0 Å². The van der Waals surface area contributed by atoms with Crippen molar-refractivity contribution in [3.05, 3.63) is 68.1 Å². The second-order valence-corrected chi connectivity index (χ2v) is 3.54. The Balaban J connectivity index is 2.43. The van der Waals surface area contributed by atoms with Gasteiger partial charge in [0.2, 0.25) is 0 Å². The minimum absolute atomic E-state index is 0.373. The average molecular weight is 217 g/mol. The average Bonchev–Trinajstić information content (AvgIpc) is 2.25. The van der Waals surface area contributed by atoms with Gasteiger partial charge < -0.3 is 4.42 Å². The van der Waals surface area contributed by atoms with Gasteiger partial charge in [0.25, 0.3) is 5.56 Å². The number of rotatable bonds is 2. The van der Waals surface area contributed by atoms with Gasteiger partial charge in [-0.15, -0.1) is 0 Å². The second kappa shape index (κ2) is 4.18. The number of aromatic amines is 1. The lowest BCUT2D eigenvalue weighted by Gasteiger charge is -2.02. The molecule has 4 heteroatoms. The standard InChI is InChI=1S/C12H11NO3/c1-8-10(11(14)13-12(15)16-8)7-9-5-3-2-4-6-9/h2-6H,7H2,1H3,(H,13,14,15). The van der Waals surface area contributed by atoms with Gasteiger partial charge in [-0.05, 0) is 12.5 Å². The summed E-state index contributed by atoms with van der Waals surface area (Å²) in [5, 5.41) is 0. The van der Waals surface area contributed by atoms with Crippen LogP contribution in [0.15, 0.2) is 44.3 Å². The second-order valence-electron chi connectivity index (χ2n) is 3.54. The maximum absolute atomic E-state index is 11.5. The quantitative estimate of drug-likeness (QED) is 0.822. The summed E-state index contributed by atoms with van der Waals surface area (Å²) in [6, 6.07) is 9.55. The van der Waals surface area contributed by atoms with Gasteiger partial charge in [-0.1, -0.05) is 30.3 Å². The predicted octanol–water partition coefficient (Wildman–Crippen LogP) is 1.23. The molecule has 0 bridgehead atoms. The molecular weight excluding hydrogens is 206 g/mol. The third-order valence-corrected chi connectivity index (χ3v) is 2.38. The molecule has 2 rings (SSSR count). The van der Waals surface area contributed by atoms with E-state index in [1.165, 1.54) is 0 Å². The van der Waals surface area contributed by atoms with E-state index in [1.807, 2.05) is 30.3 Å². The molecular formula is C12H11NO3. The summed E-state index contributed by atoms with van der Waals surface area (Å²) in [4.78, 5) is 24.6. The molecule has 0 amide bonds. The van der Waals surface area contributed by atoms with E-state index in [9.17, 15) is 9.59 Å².